The monoisotopic (exact) mass is 338 g/mol. The van der Waals surface area contributed by atoms with Crippen LogP contribution < -0.4 is 10.0 Å². The van der Waals surface area contributed by atoms with Crippen molar-refractivity contribution >= 4 is 15.7 Å². The van der Waals surface area contributed by atoms with Crippen LogP contribution in [0.1, 0.15) is 17.2 Å². The summed E-state index contributed by atoms with van der Waals surface area (Å²) < 4.78 is 39.4. The molecular formula is C16H19FN2O3S. The summed E-state index contributed by atoms with van der Waals surface area (Å²) >= 11 is 0. The van der Waals surface area contributed by atoms with Crippen LogP contribution in [0.15, 0.2) is 47.4 Å². The van der Waals surface area contributed by atoms with E-state index in [0.29, 0.717) is 0 Å². The first-order valence-corrected chi connectivity index (χ1v) is 8.54. The maximum absolute atomic E-state index is 14.0. The summed E-state index contributed by atoms with van der Waals surface area (Å²) in [5, 5.41) is 13.0. The van der Waals surface area contributed by atoms with Crippen molar-refractivity contribution in [3.8, 4) is 0 Å². The number of aliphatic hydroxyl groups excluding tert-OH is 1. The number of hydrogen-bond acceptors (Lipinski definition) is 4. The van der Waals surface area contributed by atoms with Gasteiger partial charge in [-0.3, -0.25) is 0 Å². The Morgan fingerprint density at radius 2 is 1.91 bits per heavy atom. The average molecular weight is 338 g/mol. The lowest BCUT2D eigenvalue weighted by molar-refractivity contribution is 0.191. The molecule has 2 rings (SSSR count). The summed E-state index contributed by atoms with van der Waals surface area (Å²) in [4.78, 5) is -0.150. The smallest absolute Gasteiger partial charge is 0.240 e. The highest BCUT2D eigenvalue weighted by atomic mass is 32.2. The normalized spacial score (nSPS) is 12.9. The number of nitrogens with one attached hydrogen (secondary N) is 2. The van der Waals surface area contributed by atoms with E-state index < -0.39 is 21.9 Å². The van der Waals surface area contributed by atoms with Crippen molar-refractivity contribution < 1.29 is 17.9 Å². The molecule has 1 atom stereocenters. The van der Waals surface area contributed by atoms with Crippen molar-refractivity contribution in [1.29, 1.82) is 0 Å². The fraction of sp³-hybridized carbons (Fsp3) is 0.250. The molecule has 3 N–H and O–H groups in total. The molecule has 124 valence electrons. The van der Waals surface area contributed by atoms with E-state index in [2.05, 4.69) is 10.0 Å². The Morgan fingerprint density at radius 3 is 2.52 bits per heavy atom. The molecule has 2 aromatic carbocycles. The lowest BCUT2D eigenvalue weighted by Crippen LogP contribution is -2.19. The maximum atomic E-state index is 14.0. The second kappa shape index (κ2) is 7.08. The highest BCUT2D eigenvalue weighted by Crippen LogP contribution is 2.21. The van der Waals surface area contributed by atoms with Gasteiger partial charge < -0.3 is 10.4 Å². The Bertz CT molecular complexity index is 794. The van der Waals surface area contributed by atoms with Gasteiger partial charge in [0, 0.05) is 6.54 Å². The molecule has 0 bridgehead atoms. The molecule has 0 aliphatic heterocycles. The number of aliphatic hydroxyl groups is 1. The number of aryl methyl sites for hydroxylation is 1. The van der Waals surface area contributed by atoms with Crippen molar-refractivity contribution in [3.05, 3.63) is 59.4 Å². The van der Waals surface area contributed by atoms with Crippen molar-refractivity contribution in [1.82, 2.24) is 4.72 Å². The SMILES string of the molecule is CNS(=O)(=O)c1ccc(NC[C@H](O)c2ccccc2C)c(F)c1. The van der Waals surface area contributed by atoms with Crippen molar-refractivity contribution in [2.24, 2.45) is 0 Å². The molecular weight excluding hydrogens is 319 g/mol. The first-order chi connectivity index (χ1) is 10.8. The van der Waals surface area contributed by atoms with Crippen LogP contribution in [-0.2, 0) is 10.0 Å². The van der Waals surface area contributed by atoms with Gasteiger partial charge in [-0.2, -0.15) is 0 Å². The van der Waals surface area contributed by atoms with Gasteiger partial charge in [-0.1, -0.05) is 24.3 Å². The van der Waals surface area contributed by atoms with E-state index in [4.69, 9.17) is 0 Å². The van der Waals surface area contributed by atoms with E-state index in [0.717, 1.165) is 17.2 Å². The van der Waals surface area contributed by atoms with E-state index in [9.17, 15) is 17.9 Å². The molecule has 0 heterocycles. The highest BCUT2D eigenvalue weighted by Gasteiger charge is 2.15. The molecule has 0 unspecified atom stereocenters. The van der Waals surface area contributed by atoms with Gasteiger partial charge >= 0.3 is 0 Å². The van der Waals surface area contributed by atoms with Gasteiger partial charge in [-0.05, 0) is 43.3 Å². The molecule has 2 aromatic rings. The summed E-state index contributed by atoms with van der Waals surface area (Å²) in [7, 11) is -2.42. The largest absolute Gasteiger partial charge is 0.387 e. The molecule has 23 heavy (non-hydrogen) atoms. The minimum absolute atomic E-state index is 0.111. The first-order valence-electron chi connectivity index (χ1n) is 7.05. The van der Waals surface area contributed by atoms with Gasteiger partial charge in [-0.25, -0.2) is 17.5 Å². The molecule has 0 aliphatic carbocycles. The zero-order valence-corrected chi connectivity index (χ0v) is 13.7. The zero-order chi connectivity index (χ0) is 17.0. The lowest BCUT2D eigenvalue weighted by Gasteiger charge is -2.16. The van der Waals surface area contributed by atoms with Crippen molar-refractivity contribution in [3.63, 3.8) is 0 Å². The summed E-state index contributed by atoms with van der Waals surface area (Å²) in [6.07, 6.45) is -0.795. The quantitative estimate of drug-likeness (QED) is 0.754. The Kier molecular flexibility index (Phi) is 5.35. The Morgan fingerprint density at radius 1 is 1.22 bits per heavy atom. The topological polar surface area (TPSA) is 78.4 Å². The fourth-order valence-corrected chi connectivity index (χ4v) is 2.94. The highest BCUT2D eigenvalue weighted by molar-refractivity contribution is 7.89. The predicted octanol–water partition coefficient (Wildman–Crippen LogP) is 2.19. The fourth-order valence-electron chi connectivity index (χ4n) is 2.20. The van der Waals surface area contributed by atoms with E-state index in [1.807, 2.05) is 25.1 Å². The molecule has 0 spiro atoms. The van der Waals surface area contributed by atoms with Crippen LogP contribution in [0.3, 0.4) is 0 Å². The van der Waals surface area contributed by atoms with E-state index in [-0.39, 0.29) is 17.1 Å². The molecule has 0 saturated carbocycles. The van der Waals surface area contributed by atoms with Crippen LogP contribution in [0.4, 0.5) is 10.1 Å². The molecule has 5 nitrogen and oxygen atoms in total. The predicted molar refractivity (Wildman–Crippen MR) is 87.3 cm³/mol. The minimum Gasteiger partial charge on any atom is -0.387 e. The van der Waals surface area contributed by atoms with Gasteiger partial charge in [0.25, 0.3) is 0 Å². The molecule has 0 aromatic heterocycles. The number of rotatable bonds is 6. The standard InChI is InChI=1S/C16H19FN2O3S/c1-11-5-3-4-6-13(11)16(20)10-19-15-8-7-12(9-14(15)17)23(21,22)18-2/h3-9,16,18-20H,10H2,1-2H3/t16-/m0/s1. The Balaban J connectivity index is 2.11. The third-order valence-corrected chi connectivity index (χ3v) is 4.96. The molecule has 0 radical (unpaired) electrons. The minimum atomic E-state index is -3.68. The second-order valence-corrected chi connectivity index (χ2v) is 6.99. The van der Waals surface area contributed by atoms with Crippen LogP contribution in [0.5, 0.6) is 0 Å². The number of halogens is 1. The van der Waals surface area contributed by atoms with Crippen LogP contribution in [0.25, 0.3) is 0 Å². The van der Waals surface area contributed by atoms with Gasteiger partial charge in [0.1, 0.15) is 5.82 Å². The van der Waals surface area contributed by atoms with Gasteiger partial charge in [0.05, 0.1) is 16.7 Å². The number of anilines is 1. The average Bonchev–Trinajstić information content (AvgIpc) is 2.53. The van der Waals surface area contributed by atoms with Crippen molar-refractivity contribution in [2.75, 3.05) is 18.9 Å². The summed E-state index contributed by atoms with van der Waals surface area (Å²) in [6, 6.07) is 11.0. The lowest BCUT2D eigenvalue weighted by atomic mass is 10.0. The number of sulfonamides is 1. The third-order valence-electron chi connectivity index (χ3n) is 3.55. The van der Waals surface area contributed by atoms with Crippen LogP contribution in [-0.4, -0.2) is 27.1 Å². The molecule has 0 aliphatic rings. The van der Waals surface area contributed by atoms with Crippen LogP contribution >= 0.6 is 0 Å². The van der Waals surface area contributed by atoms with Crippen LogP contribution in [0, 0.1) is 12.7 Å². The van der Waals surface area contributed by atoms with E-state index in [1.54, 1.807) is 6.07 Å². The zero-order valence-electron chi connectivity index (χ0n) is 12.9. The van der Waals surface area contributed by atoms with Gasteiger partial charge in [0.2, 0.25) is 10.0 Å². The first kappa shape index (κ1) is 17.4. The Hall–Kier alpha value is -1.96. The van der Waals surface area contributed by atoms with Crippen molar-refractivity contribution in [2.45, 2.75) is 17.9 Å². The van der Waals surface area contributed by atoms with Crippen LogP contribution in [0.2, 0.25) is 0 Å². The summed E-state index contributed by atoms with van der Waals surface area (Å²) in [6.45, 7) is 2.00. The van der Waals surface area contributed by atoms with E-state index >= 15 is 0 Å². The Labute approximate surface area is 135 Å². The molecule has 0 amide bonds. The maximum Gasteiger partial charge on any atom is 0.240 e. The van der Waals surface area contributed by atoms with Gasteiger partial charge in [0.15, 0.2) is 0 Å². The molecule has 7 heteroatoms. The summed E-state index contributed by atoms with van der Waals surface area (Å²) in [5.74, 6) is -0.696. The van der Waals surface area contributed by atoms with Gasteiger partial charge in [-0.15, -0.1) is 0 Å². The number of benzene rings is 2. The third kappa shape index (κ3) is 4.07. The molecule has 0 saturated heterocycles. The van der Waals surface area contributed by atoms with E-state index in [1.165, 1.54) is 19.2 Å². The molecule has 0 fully saturated rings. The summed E-state index contributed by atoms with van der Waals surface area (Å²) in [5.41, 5.74) is 1.83. The number of hydrogen-bond donors (Lipinski definition) is 3. The second-order valence-electron chi connectivity index (χ2n) is 5.10.